The minimum atomic E-state index is -0.446. The van der Waals surface area contributed by atoms with Gasteiger partial charge < -0.3 is 15.4 Å². The lowest BCUT2D eigenvalue weighted by Gasteiger charge is -2.28. The largest absolute Gasteiger partial charge is 0.444 e. The van der Waals surface area contributed by atoms with Crippen molar-refractivity contribution >= 4 is 6.09 Å². The fourth-order valence-corrected chi connectivity index (χ4v) is 2.87. The van der Waals surface area contributed by atoms with Crippen molar-refractivity contribution in [1.82, 2.24) is 10.6 Å². The molecule has 0 aliphatic heterocycles. The highest BCUT2D eigenvalue weighted by molar-refractivity contribution is 5.68. The van der Waals surface area contributed by atoms with Gasteiger partial charge in [0.05, 0.1) is 0 Å². The monoisotopic (exact) mass is 312 g/mol. The first-order valence-corrected chi connectivity index (χ1v) is 9.01. The molecule has 1 saturated carbocycles. The van der Waals surface area contributed by atoms with Crippen molar-refractivity contribution in [3.05, 3.63) is 0 Å². The van der Waals surface area contributed by atoms with Gasteiger partial charge in [0.15, 0.2) is 0 Å². The average molecular weight is 312 g/mol. The SMILES string of the molecule is CC(C)C(CNC1CCCCCCC1)NC(=O)OC(C)(C)C. The second-order valence-electron chi connectivity index (χ2n) is 7.95. The van der Waals surface area contributed by atoms with Crippen LogP contribution in [0, 0.1) is 5.92 Å². The van der Waals surface area contributed by atoms with E-state index in [0.29, 0.717) is 12.0 Å². The quantitative estimate of drug-likeness (QED) is 0.798. The molecule has 130 valence electrons. The zero-order chi connectivity index (χ0) is 16.6. The Morgan fingerprint density at radius 2 is 1.64 bits per heavy atom. The number of nitrogens with one attached hydrogen (secondary N) is 2. The van der Waals surface area contributed by atoms with Crippen molar-refractivity contribution in [2.45, 2.75) is 97.2 Å². The zero-order valence-electron chi connectivity index (χ0n) is 15.2. The molecule has 1 unspecified atom stereocenters. The third-order valence-electron chi connectivity index (χ3n) is 4.24. The molecule has 0 spiro atoms. The van der Waals surface area contributed by atoms with E-state index in [4.69, 9.17) is 4.74 Å². The molecule has 0 radical (unpaired) electrons. The van der Waals surface area contributed by atoms with Crippen LogP contribution in [-0.4, -0.2) is 30.3 Å². The van der Waals surface area contributed by atoms with E-state index in [9.17, 15) is 4.79 Å². The number of hydrogen-bond acceptors (Lipinski definition) is 3. The van der Waals surface area contributed by atoms with Crippen LogP contribution in [0.5, 0.6) is 0 Å². The van der Waals surface area contributed by atoms with Gasteiger partial charge in [0, 0.05) is 18.6 Å². The Morgan fingerprint density at radius 1 is 1.09 bits per heavy atom. The molecule has 1 atom stereocenters. The Bertz CT molecular complexity index is 316. The van der Waals surface area contributed by atoms with Crippen molar-refractivity contribution in [3.8, 4) is 0 Å². The molecular formula is C18H36N2O2. The molecule has 0 bridgehead atoms. The van der Waals surface area contributed by atoms with Crippen LogP contribution in [0.2, 0.25) is 0 Å². The van der Waals surface area contributed by atoms with Crippen molar-refractivity contribution in [2.24, 2.45) is 5.92 Å². The van der Waals surface area contributed by atoms with Gasteiger partial charge in [-0.3, -0.25) is 0 Å². The molecule has 1 amide bonds. The second-order valence-corrected chi connectivity index (χ2v) is 7.95. The minimum Gasteiger partial charge on any atom is -0.444 e. The lowest BCUT2D eigenvalue weighted by Crippen LogP contribution is -2.49. The lowest BCUT2D eigenvalue weighted by atomic mass is 9.96. The summed E-state index contributed by atoms with van der Waals surface area (Å²) in [5, 5.41) is 6.69. The van der Waals surface area contributed by atoms with E-state index < -0.39 is 5.60 Å². The van der Waals surface area contributed by atoms with Crippen molar-refractivity contribution in [1.29, 1.82) is 0 Å². The third-order valence-corrected chi connectivity index (χ3v) is 4.24. The molecule has 4 heteroatoms. The standard InChI is InChI=1S/C18H36N2O2/c1-14(2)16(20-17(21)22-18(3,4)5)13-19-15-11-9-7-6-8-10-12-15/h14-16,19H,6-13H2,1-5H3,(H,20,21). The summed E-state index contributed by atoms with van der Waals surface area (Å²) in [7, 11) is 0. The van der Waals surface area contributed by atoms with Gasteiger partial charge in [-0.2, -0.15) is 0 Å². The van der Waals surface area contributed by atoms with Gasteiger partial charge in [0.1, 0.15) is 5.60 Å². The molecule has 4 nitrogen and oxygen atoms in total. The van der Waals surface area contributed by atoms with Crippen LogP contribution in [0.3, 0.4) is 0 Å². The molecule has 0 aromatic heterocycles. The average Bonchev–Trinajstić information content (AvgIpc) is 2.33. The maximum atomic E-state index is 12.0. The van der Waals surface area contributed by atoms with Crippen LogP contribution >= 0.6 is 0 Å². The first-order chi connectivity index (χ1) is 10.3. The number of rotatable bonds is 5. The second kappa shape index (κ2) is 9.39. The summed E-state index contributed by atoms with van der Waals surface area (Å²) in [5.74, 6) is 0.383. The smallest absolute Gasteiger partial charge is 0.407 e. The van der Waals surface area contributed by atoms with E-state index >= 15 is 0 Å². The summed E-state index contributed by atoms with van der Waals surface area (Å²) >= 11 is 0. The number of alkyl carbamates (subject to hydrolysis) is 1. The Labute approximate surface area is 136 Å². The Balaban J connectivity index is 2.41. The van der Waals surface area contributed by atoms with E-state index in [-0.39, 0.29) is 12.1 Å². The Kier molecular flexibility index (Phi) is 8.23. The number of hydrogen-bond donors (Lipinski definition) is 2. The molecule has 22 heavy (non-hydrogen) atoms. The molecule has 0 aromatic carbocycles. The van der Waals surface area contributed by atoms with Crippen LogP contribution in [0.15, 0.2) is 0 Å². The summed E-state index contributed by atoms with van der Waals surface area (Å²) in [6, 6.07) is 0.710. The predicted octanol–water partition coefficient (Wildman–Crippen LogP) is 4.24. The highest BCUT2D eigenvalue weighted by atomic mass is 16.6. The van der Waals surface area contributed by atoms with Crippen LogP contribution in [0.1, 0.15) is 79.6 Å². The normalized spacial score (nSPS) is 19.4. The molecule has 1 fully saturated rings. The molecule has 1 aliphatic carbocycles. The first-order valence-electron chi connectivity index (χ1n) is 9.01. The van der Waals surface area contributed by atoms with E-state index in [1.807, 2.05) is 20.8 Å². The molecule has 0 heterocycles. The van der Waals surface area contributed by atoms with Gasteiger partial charge in [0.25, 0.3) is 0 Å². The van der Waals surface area contributed by atoms with Crippen molar-refractivity contribution < 1.29 is 9.53 Å². The maximum absolute atomic E-state index is 12.0. The van der Waals surface area contributed by atoms with E-state index in [1.54, 1.807) is 0 Å². The van der Waals surface area contributed by atoms with Gasteiger partial charge in [-0.15, -0.1) is 0 Å². The topological polar surface area (TPSA) is 50.4 Å². The summed E-state index contributed by atoms with van der Waals surface area (Å²) in [6.45, 7) is 10.8. The summed E-state index contributed by atoms with van der Waals surface area (Å²) < 4.78 is 5.37. The highest BCUT2D eigenvalue weighted by Crippen LogP contribution is 2.17. The third kappa shape index (κ3) is 8.62. The predicted molar refractivity (Wildman–Crippen MR) is 92.1 cm³/mol. The fourth-order valence-electron chi connectivity index (χ4n) is 2.87. The zero-order valence-corrected chi connectivity index (χ0v) is 15.2. The minimum absolute atomic E-state index is 0.111. The molecule has 1 rings (SSSR count). The molecule has 1 aliphatic rings. The van der Waals surface area contributed by atoms with Crippen LogP contribution < -0.4 is 10.6 Å². The van der Waals surface area contributed by atoms with E-state index in [2.05, 4.69) is 24.5 Å². The van der Waals surface area contributed by atoms with Gasteiger partial charge >= 0.3 is 6.09 Å². The van der Waals surface area contributed by atoms with Crippen LogP contribution in [0.25, 0.3) is 0 Å². The molecule has 0 saturated heterocycles. The summed E-state index contributed by atoms with van der Waals surface area (Å²) in [4.78, 5) is 12.0. The summed E-state index contributed by atoms with van der Waals surface area (Å²) in [6.07, 6.45) is 8.97. The van der Waals surface area contributed by atoms with Gasteiger partial charge in [-0.05, 0) is 39.5 Å². The number of amides is 1. The highest BCUT2D eigenvalue weighted by Gasteiger charge is 2.22. The number of ether oxygens (including phenoxy) is 1. The van der Waals surface area contributed by atoms with Gasteiger partial charge in [0.2, 0.25) is 0 Å². The first kappa shape index (κ1) is 19.3. The number of carbonyl (C=O) groups excluding carboxylic acids is 1. The maximum Gasteiger partial charge on any atom is 0.407 e. The Morgan fingerprint density at radius 3 is 2.14 bits per heavy atom. The molecular weight excluding hydrogens is 276 g/mol. The fraction of sp³-hybridized carbons (Fsp3) is 0.944. The van der Waals surface area contributed by atoms with Crippen molar-refractivity contribution in [2.75, 3.05) is 6.54 Å². The van der Waals surface area contributed by atoms with Crippen LogP contribution in [-0.2, 0) is 4.74 Å². The summed E-state index contributed by atoms with van der Waals surface area (Å²) in [5.41, 5.74) is -0.446. The van der Waals surface area contributed by atoms with Gasteiger partial charge in [-0.1, -0.05) is 46.0 Å². The van der Waals surface area contributed by atoms with Crippen molar-refractivity contribution in [3.63, 3.8) is 0 Å². The number of carbonyl (C=O) groups is 1. The Hall–Kier alpha value is -0.770. The molecule has 2 N–H and O–H groups in total. The lowest BCUT2D eigenvalue weighted by molar-refractivity contribution is 0.0488. The van der Waals surface area contributed by atoms with Crippen LogP contribution in [0.4, 0.5) is 4.79 Å². The van der Waals surface area contributed by atoms with Gasteiger partial charge in [-0.25, -0.2) is 4.79 Å². The van der Waals surface area contributed by atoms with E-state index in [1.165, 1.54) is 44.9 Å². The molecule has 0 aromatic rings. The van der Waals surface area contributed by atoms with E-state index in [0.717, 1.165) is 6.54 Å².